The van der Waals surface area contributed by atoms with E-state index in [1.54, 1.807) is 6.26 Å². The molecule has 1 atom stereocenters. The lowest BCUT2D eigenvalue weighted by Crippen LogP contribution is -2.44. The predicted octanol–water partition coefficient (Wildman–Crippen LogP) is 3.37. The second kappa shape index (κ2) is 12.4. The SMILES string of the molecule is CCc1nncn1CCNC(=NCC(c1ccco1)N1CCCC1)NC1CCCC1.I. The van der Waals surface area contributed by atoms with Crippen molar-refractivity contribution in [3.05, 3.63) is 36.3 Å². The Morgan fingerprint density at radius 1 is 1.26 bits per heavy atom. The van der Waals surface area contributed by atoms with Crippen molar-refractivity contribution in [2.24, 2.45) is 4.99 Å². The van der Waals surface area contributed by atoms with Crippen LogP contribution in [0, 0.1) is 0 Å². The van der Waals surface area contributed by atoms with Gasteiger partial charge < -0.3 is 19.6 Å². The molecule has 1 saturated carbocycles. The molecule has 2 aromatic rings. The van der Waals surface area contributed by atoms with E-state index in [1.807, 2.05) is 12.4 Å². The van der Waals surface area contributed by atoms with E-state index in [2.05, 4.69) is 43.3 Å². The number of aryl methyl sites for hydroxylation is 1. The summed E-state index contributed by atoms with van der Waals surface area (Å²) in [7, 11) is 0. The van der Waals surface area contributed by atoms with E-state index < -0.39 is 0 Å². The van der Waals surface area contributed by atoms with E-state index in [1.165, 1.54) is 38.5 Å². The van der Waals surface area contributed by atoms with Gasteiger partial charge in [0.1, 0.15) is 17.9 Å². The fourth-order valence-electron chi connectivity index (χ4n) is 4.55. The molecule has 1 saturated heterocycles. The molecule has 172 valence electrons. The molecule has 2 aromatic heterocycles. The Morgan fingerprint density at radius 2 is 2.06 bits per heavy atom. The molecule has 0 bridgehead atoms. The molecule has 9 heteroatoms. The molecule has 1 unspecified atom stereocenters. The van der Waals surface area contributed by atoms with Crippen molar-refractivity contribution in [2.75, 3.05) is 26.2 Å². The molecule has 1 aliphatic carbocycles. The summed E-state index contributed by atoms with van der Waals surface area (Å²) in [4.78, 5) is 7.50. The van der Waals surface area contributed by atoms with Crippen LogP contribution in [0.25, 0.3) is 0 Å². The first kappa shape index (κ1) is 24.0. The van der Waals surface area contributed by atoms with Crippen molar-refractivity contribution in [3.63, 3.8) is 0 Å². The van der Waals surface area contributed by atoms with Crippen LogP contribution in [-0.4, -0.2) is 57.8 Å². The zero-order valence-electron chi connectivity index (χ0n) is 18.5. The van der Waals surface area contributed by atoms with Crippen LogP contribution in [0.2, 0.25) is 0 Å². The Morgan fingerprint density at radius 3 is 2.77 bits per heavy atom. The van der Waals surface area contributed by atoms with Gasteiger partial charge in [-0.05, 0) is 50.9 Å². The van der Waals surface area contributed by atoms with Gasteiger partial charge in [-0.25, -0.2) is 0 Å². The molecule has 3 heterocycles. The summed E-state index contributed by atoms with van der Waals surface area (Å²) in [5, 5.41) is 15.4. The van der Waals surface area contributed by atoms with Gasteiger partial charge in [-0.1, -0.05) is 19.8 Å². The Hall–Kier alpha value is -1.62. The standard InChI is InChI=1S/C22H35N7O.HI/c1-2-21-27-25-17-29(21)14-11-23-22(26-18-8-3-4-9-18)24-16-19(20-10-7-15-30-20)28-12-5-6-13-28;/h7,10,15,17-19H,2-6,8-9,11-14,16H2,1H3,(H2,23,24,26);1H. The van der Waals surface area contributed by atoms with Gasteiger partial charge in [-0.15, -0.1) is 34.2 Å². The number of likely N-dealkylation sites (tertiary alicyclic amines) is 1. The highest BCUT2D eigenvalue weighted by atomic mass is 127. The molecule has 2 N–H and O–H groups in total. The minimum atomic E-state index is 0. The van der Waals surface area contributed by atoms with Crippen LogP contribution in [0.3, 0.4) is 0 Å². The van der Waals surface area contributed by atoms with Gasteiger partial charge in [0.25, 0.3) is 0 Å². The maximum atomic E-state index is 5.76. The molecule has 0 radical (unpaired) electrons. The molecule has 2 aliphatic rings. The number of aliphatic imine (C=N–C) groups is 1. The van der Waals surface area contributed by atoms with Crippen molar-refractivity contribution < 1.29 is 4.42 Å². The van der Waals surface area contributed by atoms with Crippen LogP contribution in [0.15, 0.2) is 34.1 Å². The van der Waals surface area contributed by atoms with Crippen molar-refractivity contribution in [3.8, 4) is 0 Å². The summed E-state index contributed by atoms with van der Waals surface area (Å²) >= 11 is 0. The van der Waals surface area contributed by atoms with Crippen molar-refractivity contribution >= 4 is 29.9 Å². The fourth-order valence-corrected chi connectivity index (χ4v) is 4.55. The zero-order chi connectivity index (χ0) is 20.6. The average Bonchev–Trinajstić information content (AvgIpc) is 3.56. The summed E-state index contributed by atoms with van der Waals surface area (Å²) < 4.78 is 7.87. The first-order valence-corrected chi connectivity index (χ1v) is 11.5. The molecule has 2 fully saturated rings. The fraction of sp³-hybridized carbons (Fsp3) is 0.682. The number of nitrogens with zero attached hydrogens (tertiary/aromatic N) is 5. The summed E-state index contributed by atoms with van der Waals surface area (Å²) in [5.74, 6) is 2.94. The monoisotopic (exact) mass is 541 g/mol. The minimum absolute atomic E-state index is 0. The van der Waals surface area contributed by atoms with E-state index in [-0.39, 0.29) is 30.0 Å². The number of rotatable bonds is 9. The van der Waals surface area contributed by atoms with Crippen LogP contribution in [-0.2, 0) is 13.0 Å². The Kier molecular flexibility index (Phi) is 9.63. The highest BCUT2D eigenvalue weighted by Gasteiger charge is 2.25. The van der Waals surface area contributed by atoms with Gasteiger partial charge in [0, 0.05) is 25.6 Å². The third-order valence-electron chi connectivity index (χ3n) is 6.23. The molecule has 0 spiro atoms. The Bertz CT molecular complexity index is 780. The van der Waals surface area contributed by atoms with Crippen LogP contribution in [0.1, 0.15) is 63.1 Å². The third kappa shape index (κ3) is 6.68. The average molecular weight is 541 g/mol. The van der Waals surface area contributed by atoms with Crippen molar-refractivity contribution in [1.29, 1.82) is 0 Å². The quantitative estimate of drug-likeness (QED) is 0.288. The molecular formula is C22H36IN7O. The Labute approximate surface area is 202 Å². The lowest BCUT2D eigenvalue weighted by molar-refractivity contribution is 0.221. The lowest BCUT2D eigenvalue weighted by atomic mass is 10.2. The van der Waals surface area contributed by atoms with Crippen molar-refractivity contribution in [2.45, 2.75) is 70.5 Å². The number of halogens is 1. The molecule has 4 rings (SSSR count). The number of hydrogen-bond donors (Lipinski definition) is 2. The van der Waals surface area contributed by atoms with E-state index in [0.717, 1.165) is 50.1 Å². The van der Waals surface area contributed by atoms with E-state index in [4.69, 9.17) is 9.41 Å². The minimum Gasteiger partial charge on any atom is -0.468 e. The smallest absolute Gasteiger partial charge is 0.191 e. The van der Waals surface area contributed by atoms with Crippen molar-refractivity contribution in [1.82, 2.24) is 30.3 Å². The zero-order valence-corrected chi connectivity index (χ0v) is 20.8. The van der Waals surface area contributed by atoms with Gasteiger partial charge in [0.15, 0.2) is 5.96 Å². The molecular weight excluding hydrogens is 505 g/mol. The summed E-state index contributed by atoms with van der Waals surface area (Å²) in [6.07, 6.45) is 12.0. The molecule has 8 nitrogen and oxygen atoms in total. The highest BCUT2D eigenvalue weighted by Crippen LogP contribution is 2.26. The summed E-state index contributed by atoms with van der Waals surface area (Å²) in [6, 6.07) is 4.78. The first-order valence-electron chi connectivity index (χ1n) is 11.5. The van der Waals surface area contributed by atoms with Gasteiger partial charge in [-0.2, -0.15) is 0 Å². The molecule has 0 amide bonds. The lowest BCUT2D eigenvalue weighted by Gasteiger charge is -2.25. The Balaban J connectivity index is 0.00000272. The normalized spacial score (nSPS) is 18.8. The number of nitrogens with one attached hydrogen (secondary N) is 2. The number of guanidine groups is 1. The number of hydrogen-bond acceptors (Lipinski definition) is 5. The van der Waals surface area contributed by atoms with Crippen LogP contribution < -0.4 is 10.6 Å². The topological polar surface area (TPSA) is 83.5 Å². The first-order chi connectivity index (χ1) is 14.8. The third-order valence-corrected chi connectivity index (χ3v) is 6.23. The molecule has 0 aromatic carbocycles. The van der Waals surface area contributed by atoms with Gasteiger partial charge in [0.2, 0.25) is 0 Å². The second-order valence-electron chi connectivity index (χ2n) is 8.31. The van der Waals surface area contributed by atoms with Gasteiger partial charge in [0.05, 0.1) is 18.8 Å². The van der Waals surface area contributed by atoms with Crippen LogP contribution >= 0.6 is 24.0 Å². The van der Waals surface area contributed by atoms with E-state index in [9.17, 15) is 0 Å². The van der Waals surface area contributed by atoms with Crippen LogP contribution in [0.4, 0.5) is 0 Å². The molecule has 1 aliphatic heterocycles. The van der Waals surface area contributed by atoms with E-state index in [0.29, 0.717) is 12.6 Å². The van der Waals surface area contributed by atoms with Gasteiger partial charge in [-0.3, -0.25) is 9.89 Å². The van der Waals surface area contributed by atoms with Gasteiger partial charge >= 0.3 is 0 Å². The summed E-state index contributed by atoms with van der Waals surface area (Å²) in [5.41, 5.74) is 0. The van der Waals surface area contributed by atoms with E-state index >= 15 is 0 Å². The number of aromatic nitrogens is 3. The maximum Gasteiger partial charge on any atom is 0.191 e. The highest BCUT2D eigenvalue weighted by molar-refractivity contribution is 14.0. The largest absolute Gasteiger partial charge is 0.468 e. The number of furan rings is 1. The summed E-state index contributed by atoms with van der Waals surface area (Å²) in [6.45, 7) is 6.66. The maximum absolute atomic E-state index is 5.76. The predicted molar refractivity (Wildman–Crippen MR) is 133 cm³/mol. The molecule has 31 heavy (non-hydrogen) atoms. The second-order valence-corrected chi connectivity index (χ2v) is 8.31. The van der Waals surface area contributed by atoms with Crippen LogP contribution in [0.5, 0.6) is 0 Å².